The van der Waals surface area contributed by atoms with Crippen LogP contribution in [0.4, 0.5) is 0 Å². The Morgan fingerprint density at radius 2 is 2.40 bits per heavy atom. The summed E-state index contributed by atoms with van der Waals surface area (Å²) < 4.78 is 5.78. The van der Waals surface area contributed by atoms with Crippen LogP contribution in [0.1, 0.15) is 36.1 Å². The highest BCUT2D eigenvalue weighted by Crippen LogP contribution is 2.13. The van der Waals surface area contributed by atoms with Gasteiger partial charge in [0.15, 0.2) is 11.0 Å². The van der Waals surface area contributed by atoms with Crippen molar-refractivity contribution in [1.29, 1.82) is 0 Å². The fourth-order valence-corrected chi connectivity index (χ4v) is 2.35. The Labute approximate surface area is 123 Å². The number of ether oxygens (including phenoxy) is 1. The van der Waals surface area contributed by atoms with Crippen molar-refractivity contribution in [3.8, 4) is 0 Å². The number of hydrogen-bond donors (Lipinski definition) is 3. The molecule has 20 heavy (non-hydrogen) atoms. The Hall–Kier alpha value is -1.11. The van der Waals surface area contributed by atoms with Crippen LogP contribution in [0.5, 0.6) is 0 Å². The first-order valence-corrected chi connectivity index (χ1v) is 7.35. The van der Waals surface area contributed by atoms with Crippen molar-refractivity contribution in [2.24, 2.45) is 0 Å². The fourth-order valence-electron chi connectivity index (χ4n) is 2.22. The van der Waals surface area contributed by atoms with Crippen LogP contribution in [0, 0.1) is 6.92 Å². The zero-order valence-electron chi connectivity index (χ0n) is 11.8. The molecule has 2 rings (SSSR count). The van der Waals surface area contributed by atoms with Gasteiger partial charge in [0, 0.05) is 13.2 Å². The summed E-state index contributed by atoms with van der Waals surface area (Å²) >= 11 is 5.86. The highest BCUT2D eigenvalue weighted by molar-refractivity contribution is 6.30. The molecule has 2 atom stereocenters. The molecule has 0 aliphatic carbocycles. The standard InChI is InChI=1S/C13H21ClN4O2/c1-3-6-20-10-7-15-5-4-9(10)17-13(19)12-16-8(2)11(14)18-12/h9-10,15H,3-7H2,1-2H3,(H,16,18)(H,17,19). The first kappa shape index (κ1) is 15.3. The number of aryl methyl sites for hydroxylation is 1. The summed E-state index contributed by atoms with van der Waals surface area (Å²) in [6, 6.07) is -0.000480. The fraction of sp³-hybridized carbons (Fsp3) is 0.692. The molecule has 1 fully saturated rings. The number of halogens is 1. The average molecular weight is 301 g/mol. The summed E-state index contributed by atoms with van der Waals surface area (Å²) in [5, 5.41) is 6.59. The predicted molar refractivity (Wildman–Crippen MR) is 77.1 cm³/mol. The number of amides is 1. The molecule has 1 amide bonds. The van der Waals surface area contributed by atoms with Gasteiger partial charge in [0.25, 0.3) is 5.91 Å². The van der Waals surface area contributed by atoms with Gasteiger partial charge in [0.1, 0.15) is 0 Å². The molecule has 3 N–H and O–H groups in total. The largest absolute Gasteiger partial charge is 0.375 e. The lowest BCUT2D eigenvalue weighted by Crippen LogP contribution is -2.54. The van der Waals surface area contributed by atoms with E-state index < -0.39 is 0 Å². The minimum absolute atomic E-state index is 0.000480. The maximum absolute atomic E-state index is 12.2. The van der Waals surface area contributed by atoms with Crippen molar-refractivity contribution >= 4 is 17.5 Å². The van der Waals surface area contributed by atoms with Gasteiger partial charge in [-0.2, -0.15) is 0 Å². The van der Waals surface area contributed by atoms with E-state index in [1.807, 2.05) is 0 Å². The van der Waals surface area contributed by atoms with Gasteiger partial charge >= 0.3 is 0 Å². The Bertz CT molecular complexity index is 444. The number of piperidine rings is 1. The van der Waals surface area contributed by atoms with Crippen LogP contribution in [0.25, 0.3) is 0 Å². The third kappa shape index (κ3) is 3.71. The van der Waals surface area contributed by atoms with Crippen LogP contribution in [0.15, 0.2) is 0 Å². The summed E-state index contributed by atoms with van der Waals surface area (Å²) in [5.74, 6) is 0.0114. The van der Waals surface area contributed by atoms with Gasteiger partial charge in [0.05, 0.1) is 17.8 Å². The van der Waals surface area contributed by atoms with Gasteiger partial charge in [-0.05, 0) is 26.3 Å². The van der Waals surface area contributed by atoms with Gasteiger partial charge in [-0.3, -0.25) is 4.79 Å². The number of carbonyl (C=O) groups is 1. The summed E-state index contributed by atoms with van der Waals surface area (Å²) in [5.41, 5.74) is 0.695. The van der Waals surface area contributed by atoms with Crippen molar-refractivity contribution < 1.29 is 9.53 Å². The zero-order valence-corrected chi connectivity index (χ0v) is 12.6. The molecule has 7 heteroatoms. The summed E-state index contributed by atoms with van der Waals surface area (Å²) in [4.78, 5) is 19.0. The van der Waals surface area contributed by atoms with E-state index in [4.69, 9.17) is 16.3 Å². The second-order valence-electron chi connectivity index (χ2n) is 4.98. The van der Waals surface area contributed by atoms with E-state index in [2.05, 4.69) is 27.5 Å². The van der Waals surface area contributed by atoms with Gasteiger partial charge in [-0.25, -0.2) is 4.98 Å². The zero-order chi connectivity index (χ0) is 14.5. The molecular formula is C13H21ClN4O2. The molecule has 0 bridgehead atoms. The molecule has 0 spiro atoms. The van der Waals surface area contributed by atoms with E-state index in [1.54, 1.807) is 6.92 Å². The van der Waals surface area contributed by atoms with Crippen molar-refractivity contribution in [3.05, 3.63) is 16.7 Å². The number of nitrogens with zero attached hydrogens (tertiary/aromatic N) is 1. The van der Waals surface area contributed by atoms with Gasteiger partial charge in [-0.15, -0.1) is 0 Å². The molecular weight excluding hydrogens is 280 g/mol. The number of aromatic amines is 1. The first-order chi connectivity index (χ1) is 9.61. The molecule has 0 radical (unpaired) electrons. The van der Waals surface area contributed by atoms with Crippen LogP contribution in [0.3, 0.4) is 0 Å². The van der Waals surface area contributed by atoms with E-state index in [0.29, 0.717) is 17.5 Å². The third-order valence-corrected chi connectivity index (χ3v) is 3.69. The monoisotopic (exact) mass is 300 g/mol. The average Bonchev–Trinajstić information content (AvgIpc) is 2.78. The van der Waals surface area contributed by atoms with Crippen LogP contribution in [-0.2, 0) is 4.74 Å². The van der Waals surface area contributed by atoms with Gasteiger partial charge in [-0.1, -0.05) is 18.5 Å². The van der Waals surface area contributed by atoms with Crippen molar-refractivity contribution in [1.82, 2.24) is 20.6 Å². The van der Waals surface area contributed by atoms with Crippen LogP contribution in [-0.4, -0.2) is 47.7 Å². The van der Waals surface area contributed by atoms with E-state index in [1.165, 1.54) is 0 Å². The summed E-state index contributed by atoms with van der Waals surface area (Å²) in [7, 11) is 0. The normalized spacial score (nSPS) is 22.8. The molecule has 6 nitrogen and oxygen atoms in total. The smallest absolute Gasteiger partial charge is 0.287 e. The number of hydrogen-bond acceptors (Lipinski definition) is 4. The number of aromatic nitrogens is 2. The van der Waals surface area contributed by atoms with E-state index in [-0.39, 0.29) is 23.9 Å². The lowest BCUT2D eigenvalue weighted by atomic mass is 10.0. The third-order valence-electron chi connectivity index (χ3n) is 3.32. The minimum Gasteiger partial charge on any atom is -0.375 e. The Morgan fingerprint density at radius 1 is 1.60 bits per heavy atom. The highest BCUT2D eigenvalue weighted by atomic mass is 35.5. The molecule has 0 aromatic carbocycles. The predicted octanol–water partition coefficient (Wildman–Crippen LogP) is 1.26. The molecule has 1 saturated heterocycles. The Morgan fingerprint density at radius 3 is 3.05 bits per heavy atom. The molecule has 0 saturated carbocycles. The molecule has 2 unspecified atom stereocenters. The Kier molecular flexibility index (Phi) is 5.39. The highest BCUT2D eigenvalue weighted by Gasteiger charge is 2.28. The van der Waals surface area contributed by atoms with E-state index >= 15 is 0 Å². The molecule has 1 aromatic rings. The van der Waals surface area contributed by atoms with Crippen molar-refractivity contribution in [2.45, 2.75) is 38.8 Å². The number of nitrogens with one attached hydrogen (secondary N) is 3. The Balaban J connectivity index is 1.97. The molecule has 2 heterocycles. The second kappa shape index (κ2) is 7.06. The van der Waals surface area contributed by atoms with Gasteiger partial charge < -0.3 is 20.4 Å². The molecule has 112 valence electrons. The number of imidazole rings is 1. The first-order valence-electron chi connectivity index (χ1n) is 6.97. The van der Waals surface area contributed by atoms with E-state index in [0.717, 1.165) is 25.9 Å². The molecule has 1 aromatic heterocycles. The van der Waals surface area contributed by atoms with Crippen molar-refractivity contribution in [3.63, 3.8) is 0 Å². The lowest BCUT2D eigenvalue weighted by Gasteiger charge is -2.32. The SMILES string of the molecule is CCCOC1CNCCC1NC(=O)c1nc(Cl)c(C)[nH]1. The molecule has 1 aliphatic heterocycles. The number of H-pyrrole nitrogens is 1. The lowest BCUT2D eigenvalue weighted by molar-refractivity contribution is 0.0141. The number of carbonyl (C=O) groups excluding carboxylic acids is 1. The second-order valence-corrected chi connectivity index (χ2v) is 5.34. The van der Waals surface area contributed by atoms with E-state index in [9.17, 15) is 4.79 Å². The molecule has 1 aliphatic rings. The number of rotatable bonds is 5. The topological polar surface area (TPSA) is 79.0 Å². The van der Waals surface area contributed by atoms with Crippen LogP contribution >= 0.6 is 11.6 Å². The summed E-state index contributed by atoms with van der Waals surface area (Å²) in [6.07, 6.45) is 1.80. The minimum atomic E-state index is -0.239. The van der Waals surface area contributed by atoms with Crippen molar-refractivity contribution in [2.75, 3.05) is 19.7 Å². The van der Waals surface area contributed by atoms with Crippen LogP contribution < -0.4 is 10.6 Å². The maximum atomic E-state index is 12.2. The van der Waals surface area contributed by atoms with Gasteiger partial charge in [0.2, 0.25) is 0 Å². The summed E-state index contributed by atoms with van der Waals surface area (Å²) in [6.45, 7) is 6.17. The quantitative estimate of drug-likeness (QED) is 0.765. The maximum Gasteiger partial charge on any atom is 0.287 e. The van der Waals surface area contributed by atoms with Crippen LogP contribution in [0.2, 0.25) is 5.15 Å².